The quantitative estimate of drug-likeness (QED) is 0.380. The number of nitrogens with zero attached hydrogens (tertiary/aromatic N) is 2. The number of hydrogen-bond acceptors (Lipinski definition) is 3. The molecule has 0 aromatic heterocycles. The van der Waals surface area contributed by atoms with E-state index in [1.165, 1.54) is 0 Å². The minimum Gasteiger partial charge on any atom is -0.627 e. The molecule has 0 saturated heterocycles. The molecule has 0 aliphatic rings. The van der Waals surface area contributed by atoms with E-state index in [9.17, 15) is 23.1 Å². The number of hydrogen-bond donors (Lipinski definition) is 1. The number of amides is 1. The molecule has 0 aliphatic heterocycles. The van der Waals surface area contributed by atoms with Crippen LogP contribution in [0.25, 0.3) is 5.32 Å². The van der Waals surface area contributed by atoms with Crippen molar-refractivity contribution in [2.75, 3.05) is 0 Å². The summed E-state index contributed by atoms with van der Waals surface area (Å²) in [6.45, 7) is 0. The smallest absolute Gasteiger partial charge is 0.627 e. The van der Waals surface area contributed by atoms with Crippen molar-refractivity contribution in [2.24, 2.45) is 0 Å². The van der Waals surface area contributed by atoms with Crippen LogP contribution < -0.4 is 29.6 Å². The minimum absolute atomic E-state index is 0. The first kappa shape index (κ1) is 22.1. The van der Waals surface area contributed by atoms with Crippen LogP contribution >= 0.6 is 0 Å². The Bertz CT molecular complexity index is 683. The van der Waals surface area contributed by atoms with Crippen LogP contribution in [0.3, 0.4) is 0 Å². The molecule has 0 aliphatic carbocycles. The maximum absolute atomic E-state index is 12.4. The standard InChI is InChI=1S/C16H13F3N2O2.Na/c1-2-3-4-14(22)11(10-20)9-15(23)21-13-7-5-12(6-8-13)16(17,18)19;/h1,5-8H,3-4,9H2,(H2,21,22,23);/q;+1/p-1. The third-order valence-corrected chi connectivity index (χ3v) is 2.77. The Morgan fingerprint density at radius 3 is 2.33 bits per heavy atom. The van der Waals surface area contributed by atoms with E-state index in [0.717, 1.165) is 24.3 Å². The number of allylic oxidation sites excluding steroid dienone is 1. The van der Waals surface area contributed by atoms with Crippen LogP contribution in [0.15, 0.2) is 35.6 Å². The number of alkyl halides is 3. The van der Waals surface area contributed by atoms with Crippen LogP contribution in [0.4, 0.5) is 18.9 Å². The topological polar surface area (TPSA) is 75.2 Å². The fourth-order valence-corrected chi connectivity index (χ4v) is 1.61. The van der Waals surface area contributed by atoms with Crippen molar-refractivity contribution in [3.63, 3.8) is 0 Å². The van der Waals surface area contributed by atoms with Gasteiger partial charge in [0.25, 0.3) is 0 Å². The molecule has 24 heavy (non-hydrogen) atoms. The van der Waals surface area contributed by atoms with Gasteiger partial charge in [-0.2, -0.15) is 18.4 Å². The first-order valence-electron chi connectivity index (χ1n) is 6.44. The molecule has 1 rings (SSSR count). The van der Waals surface area contributed by atoms with Gasteiger partial charge in [0.15, 0.2) is 0 Å². The number of carbonyl (C=O) groups excluding carboxylic acids is 1. The molecule has 120 valence electrons. The SMILES string of the molecule is C#CCCC(O)=C(C#N)CC(=O)[N-]c1ccc(C(F)(F)F)cc1.[Na+]. The predicted molar refractivity (Wildman–Crippen MR) is 77.4 cm³/mol. The molecule has 0 heterocycles. The third-order valence-electron chi connectivity index (χ3n) is 2.77. The molecular weight excluding hydrogens is 332 g/mol. The average Bonchev–Trinajstić information content (AvgIpc) is 2.49. The Kier molecular flexibility index (Phi) is 9.24. The van der Waals surface area contributed by atoms with Gasteiger partial charge in [-0.05, 0) is 0 Å². The Morgan fingerprint density at radius 1 is 1.29 bits per heavy atom. The molecule has 0 atom stereocenters. The Morgan fingerprint density at radius 2 is 1.88 bits per heavy atom. The number of aliphatic hydroxyl groups excluding tert-OH is 1. The summed E-state index contributed by atoms with van der Waals surface area (Å²) in [4.78, 5) is 11.7. The van der Waals surface area contributed by atoms with Gasteiger partial charge < -0.3 is 15.2 Å². The van der Waals surface area contributed by atoms with Gasteiger partial charge in [0, 0.05) is 19.3 Å². The summed E-state index contributed by atoms with van der Waals surface area (Å²) in [6, 6.07) is 5.39. The van der Waals surface area contributed by atoms with E-state index in [1.807, 2.05) is 0 Å². The number of carbonyl (C=O) groups is 1. The molecule has 0 radical (unpaired) electrons. The number of aliphatic hydroxyl groups is 1. The van der Waals surface area contributed by atoms with Crippen molar-refractivity contribution in [3.05, 3.63) is 46.5 Å². The normalized spacial score (nSPS) is 11.4. The second-order valence-electron chi connectivity index (χ2n) is 4.47. The Labute approximate surface area is 159 Å². The molecule has 1 aromatic carbocycles. The Balaban J connectivity index is 0.00000529. The molecule has 0 unspecified atom stereocenters. The van der Waals surface area contributed by atoms with Crippen LogP contribution in [-0.2, 0) is 11.0 Å². The second-order valence-corrected chi connectivity index (χ2v) is 4.47. The molecule has 0 saturated carbocycles. The van der Waals surface area contributed by atoms with Gasteiger partial charge in [0.2, 0.25) is 0 Å². The molecule has 8 heteroatoms. The molecule has 0 fully saturated rings. The fraction of sp³-hybridized carbons (Fsp3) is 0.250. The molecule has 1 aromatic rings. The summed E-state index contributed by atoms with van der Waals surface area (Å²) in [5, 5.41) is 22.1. The van der Waals surface area contributed by atoms with Crippen molar-refractivity contribution in [1.82, 2.24) is 0 Å². The maximum Gasteiger partial charge on any atom is 1.00 e. The largest absolute Gasteiger partial charge is 1.00 e. The molecule has 0 bridgehead atoms. The number of halogens is 3. The van der Waals surface area contributed by atoms with Crippen molar-refractivity contribution in [1.29, 1.82) is 5.26 Å². The number of nitriles is 1. The number of terminal acetylenes is 1. The monoisotopic (exact) mass is 344 g/mol. The first-order chi connectivity index (χ1) is 10.8. The first-order valence-corrected chi connectivity index (χ1v) is 6.44. The maximum atomic E-state index is 12.4. The van der Waals surface area contributed by atoms with E-state index in [4.69, 9.17) is 11.7 Å². The minimum atomic E-state index is -4.47. The zero-order valence-electron chi connectivity index (χ0n) is 12.9. The van der Waals surface area contributed by atoms with Gasteiger partial charge in [0.1, 0.15) is 5.76 Å². The van der Waals surface area contributed by atoms with Crippen LogP contribution in [0.1, 0.15) is 24.8 Å². The van der Waals surface area contributed by atoms with Gasteiger partial charge in [-0.15, -0.1) is 18.0 Å². The molecule has 4 nitrogen and oxygen atoms in total. The summed E-state index contributed by atoms with van der Waals surface area (Å²) < 4.78 is 37.2. The molecule has 1 amide bonds. The van der Waals surface area contributed by atoms with Gasteiger partial charge in [0.05, 0.1) is 23.1 Å². The third kappa shape index (κ3) is 7.10. The average molecular weight is 344 g/mol. The zero-order chi connectivity index (χ0) is 17.5. The van der Waals surface area contributed by atoms with E-state index in [0.29, 0.717) is 0 Å². The summed E-state index contributed by atoms with van der Waals surface area (Å²) >= 11 is 0. The van der Waals surface area contributed by atoms with Gasteiger partial charge >= 0.3 is 35.7 Å². The van der Waals surface area contributed by atoms with Crippen LogP contribution in [-0.4, -0.2) is 11.0 Å². The predicted octanol–water partition coefficient (Wildman–Crippen LogP) is 1.38. The van der Waals surface area contributed by atoms with Crippen LogP contribution in [0, 0.1) is 23.7 Å². The van der Waals surface area contributed by atoms with E-state index in [-0.39, 0.29) is 59.4 Å². The van der Waals surface area contributed by atoms with Crippen molar-refractivity contribution in [3.8, 4) is 18.4 Å². The summed E-state index contributed by atoms with van der Waals surface area (Å²) in [6.07, 6.45) is 0.384. The summed E-state index contributed by atoms with van der Waals surface area (Å²) in [7, 11) is 0. The molecule has 0 spiro atoms. The van der Waals surface area contributed by atoms with Crippen molar-refractivity contribution < 1.29 is 52.6 Å². The van der Waals surface area contributed by atoms with Crippen LogP contribution in [0.5, 0.6) is 0 Å². The summed E-state index contributed by atoms with van der Waals surface area (Å²) in [5.41, 5.74) is -0.988. The van der Waals surface area contributed by atoms with E-state index >= 15 is 0 Å². The van der Waals surface area contributed by atoms with E-state index < -0.39 is 24.1 Å². The summed E-state index contributed by atoms with van der Waals surface area (Å²) in [5.74, 6) is 1.24. The number of rotatable bonds is 5. The van der Waals surface area contributed by atoms with E-state index in [1.54, 1.807) is 6.07 Å². The zero-order valence-corrected chi connectivity index (χ0v) is 14.9. The molecular formula is C16H12F3N2NaO2. The van der Waals surface area contributed by atoms with Gasteiger partial charge in [-0.1, -0.05) is 24.3 Å². The van der Waals surface area contributed by atoms with Gasteiger partial charge in [-0.25, -0.2) is 0 Å². The number of benzene rings is 1. The second kappa shape index (κ2) is 10.0. The van der Waals surface area contributed by atoms with E-state index in [2.05, 4.69) is 11.2 Å². The van der Waals surface area contributed by atoms with Gasteiger partial charge in [-0.3, -0.25) is 0 Å². The van der Waals surface area contributed by atoms with Crippen LogP contribution in [0.2, 0.25) is 0 Å². The van der Waals surface area contributed by atoms with Crippen molar-refractivity contribution >= 4 is 11.6 Å². The Hall–Kier alpha value is -1.93. The fourth-order valence-electron chi connectivity index (χ4n) is 1.61. The molecule has 1 N–H and O–H groups in total. The van der Waals surface area contributed by atoms with Crippen molar-refractivity contribution in [2.45, 2.75) is 25.4 Å².